The monoisotopic (exact) mass is 580 g/mol. The van der Waals surface area contributed by atoms with E-state index in [1.807, 2.05) is 6.07 Å². The quantitative estimate of drug-likeness (QED) is 0.126. The van der Waals surface area contributed by atoms with Gasteiger partial charge in [-0.25, -0.2) is 17.9 Å². The Labute approximate surface area is 237 Å². The lowest BCUT2D eigenvalue weighted by Crippen LogP contribution is -2.26. The van der Waals surface area contributed by atoms with Gasteiger partial charge in [0.25, 0.3) is 0 Å². The Bertz CT molecular complexity index is 1290. The zero-order valence-electron chi connectivity index (χ0n) is 23.9. The van der Waals surface area contributed by atoms with Gasteiger partial charge in [-0.3, -0.25) is 0 Å². The maximum absolute atomic E-state index is 12.9. The van der Waals surface area contributed by atoms with E-state index >= 15 is 0 Å². The molecule has 0 bridgehead atoms. The highest BCUT2D eigenvalue weighted by atomic mass is 35.5. The van der Waals surface area contributed by atoms with Gasteiger partial charge < -0.3 is 19.9 Å². The number of anilines is 1. The number of hydrogen-bond donors (Lipinski definition) is 3. The smallest absolute Gasteiger partial charge is 0.333 e. The minimum absolute atomic E-state index is 0.0257. The number of nitrogens with one attached hydrogen (secondary N) is 2. The molecule has 216 valence electrons. The summed E-state index contributed by atoms with van der Waals surface area (Å²) in [6.07, 6.45) is 3.24. The van der Waals surface area contributed by atoms with Crippen LogP contribution in [0.15, 0.2) is 53.3 Å². The average molecular weight is 581 g/mol. The number of carbonyl (C=O) groups is 1. The molecule has 2 aromatic carbocycles. The molecular formula is C29H41ClN2O6S. The van der Waals surface area contributed by atoms with E-state index in [0.717, 1.165) is 30.2 Å². The topological polar surface area (TPSA) is 114 Å². The number of benzene rings is 2. The Morgan fingerprint density at radius 1 is 1.05 bits per heavy atom. The SMILES string of the molecule is CCC(C)(C)c1ccc(OCCCNS(=O)(=O)c2ccc(Cl)c(N/C(=C/C(=O)O)OC)c2)c(C(C)(C)CC)c1. The third kappa shape index (κ3) is 8.88. The summed E-state index contributed by atoms with van der Waals surface area (Å²) >= 11 is 6.16. The second-order valence-electron chi connectivity index (χ2n) is 10.6. The minimum atomic E-state index is -3.85. The number of methoxy groups -OCH3 is 1. The van der Waals surface area contributed by atoms with Crippen LogP contribution in [0.2, 0.25) is 5.02 Å². The molecule has 0 aliphatic carbocycles. The molecule has 3 N–H and O–H groups in total. The number of aliphatic carboxylic acids is 1. The Morgan fingerprint density at radius 3 is 2.31 bits per heavy atom. The van der Waals surface area contributed by atoms with Gasteiger partial charge in [0.1, 0.15) is 5.75 Å². The molecule has 2 aromatic rings. The summed E-state index contributed by atoms with van der Waals surface area (Å²) < 4.78 is 39.5. The fraction of sp³-hybridized carbons (Fsp3) is 0.483. The molecule has 0 unspecified atom stereocenters. The standard InChI is InChI=1S/C29H41ClN2O6S/c1-8-28(3,4)20-11-14-25(22(17-20)29(5,6)9-2)38-16-10-15-31-39(35,36)21-12-13-23(30)24(18-21)32-26(37-7)19-27(33)34/h11-14,17-19,31-32H,8-10,15-16H2,1-7H3,(H,33,34)/b26-19-. The molecule has 10 heteroatoms. The largest absolute Gasteiger partial charge is 0.493 e. The Kier molecular flexibility index (Phi) is 11.3. The predicted molar refractivity (Wildman–Crippen MR) is 156 cm³/mol. The van der Waals surface area contributed by atoms with Gasteiger partial charge in [-0.2, -0.15) is 0 Å². The molecule has 0 spiro atoms. The zero-order valence-corrected chi connectivity index (χ0v) is 25.4. The summed E-state index contributed by atoms with van der Waals surface area (Å²) in [7, 11) is -2.57. The summed E-state index contributed by atoms with van der Waals surface area (Å²) in [5, 5.41) is 11.8. The first kappa shape index (κ1) is 32.5. The molecule has 39 heavy (non-hydrogen) atoms. The van der Waals surface area contributed by atoms with E-state index in [1.165, 1.54) is 30.9 Å². The number of ether oxygens (including phenoxy) is 2. The van der Waals surface area contributed by atoms with Crippen LogP contribution in [0.5, 0.6) is 5.75 Å². The minimum Gasteiger partial charge on any atom is -0.493 e. The van der Waals surface area contributed by atoms with Crippen molar-refractivity contribution >= 4 is 33.3 Å². The van der Waals surface area contributed by atoms with Crippen molar-refractivity contribution in [2.24, 2.45) is 0 Å². The van der Waals surface area contributed by atoms with E-state index in [2.05, 4.69) is 63.7 Å². The first-order chi connectivity index (χ1) is 18.2. The molecular weight excluding hydrogens is 540 g/mol. The van der Waals surface area contributed by atoms with Crippen LogP contribution >= 0.6 is 11.6 Å². The average Bonchev–Trinajstić information content (AvgIpc) is 2.88. The number of hydrogen-bond acceptors (Lipinski definition) is 6. The molecule has 0 aliphatic rings. The van der Waals surface area contributed by atoms with Gasteiger partial charge in [0.05, 0.1) is 35.4 Å². The van der Waals surface area contributed by atoms with Crippen molar-refractivity contribution in [1.82, 2.24) is 4.72 Å². The maximum Gasteiger partial charge on any atom is 0.333 e. The Morgan fingerprint density at radius 2 is 1.72 bits per heavy atom. The van der Waals surface area contributed by atoms with Crippen LogP contribution in [-0.4, -0.2) is 39.8 Å². The highest BCUT2D eigenvalue weighted by molar-refractivity contribution is 7.89. The summed E-state index contributed by atoms with van der Waals surface area (Å²) in [5.41, 5.74) is 2.61. The van der Waals surface area contributed by atoms with E-state index in [0.29, 0.717) is 13.0 Å². The van der Waals surface area contributed by atoms with Gasteiger partial charge in [-0.05, 0) is 59.9 Å². The molecule has 0 saturated carbocycles. The maximum atomic E-state index is 12.9. The normalized spacial score (nSPS) is 12.8. The van der Waals surface area contributed by atoms with E-state index in [9.17, 15) is 13.2 Å². The van der Waals surface area contributed by atoms with E-state index in [1.54, 1.807) is 0 Å². The van der Waals surface area contributed by atoms with Gasteiger partial charge >= 0.3 is 5.97 Å². The summed E-state index contributed by atoms with van der Waals surface area (Å²) in [6.45, 7) is 13.7. The molecule has 8 nitrogen and oxygen atoms in total. The Balaban J connectivity index is 2.08. The van der Waals surface area contributed by atoms with E-state index in [4.69, 9.17) is 26.2 Å². The summed E-state index contributed by atoms with van der Waals surface area (Å²) in [5.74, 6) is -0.507. The predicted octanol–water partition coefficient (Wildman–Crippen LogP) is 6.45. The summed E-state index contributed by atoms with van der Waals surface area (Å²) in [6, 6.07) is 10.5. The van der Waals surface area contributed by atoms with Crippen molar-refractivity contribution in [1.29, 1.82) is 0 Å². The van der Waals surface area contributed by atoms with Crippen LogP contribution in [0.4, 0.5) is 5.69 Å². The number of rotatable bonds is 15. The van der Waals surface area contributed by atoms with Crippen LogP contribution in [-0.2, 0) is 30.4 Å². The fourth-order valence-corrected chi connectivity index (χ4v) is 4.97. The van der Waals surface area contributed by atoms with Gasteiger partial charge in [0.15, 0.2) is 5.88 Å². The highest BCUT2D eigenvalue weighted by Gasteiger charge is 2.26. The van der Waals surface area contributed by atoms with E-state index < -0.39 is 16.0 Å². The Hall–Kier alpha value is -2.75. The zero-order chi connectivity index (χ0) is 29.4. The molecule has 0 aromatic heterocycles. The van der Waals surface area contributed by atoms with Gasteiger partial charge in [-0.15, -0.1) is 0 Å². The van der Waals surface area contributed by atoms with Crippen LogP contribution in [0.3, 0.4) is 0 Å². The highest BCUT2D eigenvalue weighted by Crippen LogP contribution is 2.38. The second-order valence-corrected chi connectivity index (χ2v) is 12.8. The molecule has 2 rings (SSSR count). The van der Waals surface area contributed by atoms with Crippen molar-refractivity contribution in [3.63, 3.8) is 0 Å². The van der Waals surface area contributed by atoms with E-state index in [-0.39, 0.29) is 38.9 Å². The third-order valence-corrected chi connectivity index (χ3v) is 8.90. The van der Waals surface area contributed by atoms with Crippen LogP contribution < -0.4 is 14.8 Å². The fourth-order valence-electron chi connectivity index (χ4n) is 3.70. The number of sulfonamides is 1. The lowest BCUT2D eigenvalue weighted by molar-refractivity contribution is -0.131. The molecule has 0 atom stereocenters. The molecule has 0 radical (unpaired) electrons. The van der Waals surface area contributed by atoms with Crippen molar-refractivity contribution < 1.29 is 27.8 Å². The molecule has 0 fully saturated rings. The molecule has 0 aliphatic heterocycles. The second kappa shape index (κ2) is 13.5. The van der Waals surface area contributed by atoms with Gasteiger partial charge in [-0.1, -0.05) is 65.3 Å². The number of halogens is 1. The first-order valence-electron chi connectivity index (χ1n) is 13.0. The van der Waals surface area contributed by atoms with Crippen LogP contribution in [0, 0.1) is 0 Å². The number of carboxylic acids is 1. The van der Waals surface area contributed by atoms with Crippen molar-refractivity contribution in [3.8, 4) is 5.75 Å². The first-order valence-corrected chi connectivity index (χ1v) is 14.9. The van der Waals surface area contributed by atoms with Crippen LogP contribution in [0.25, 0.3) is 0 Å². The molecule has 0 heterocycles. The van der Waals surface area contributed by atoms with Crippen molar-refractivity contribution in [2.45, 2.75) is 76.5 Å². The van der Waals surface area contributed by atoms with Gasteiger partial charge in [0.2, 0.25) is 10.0 Å². The van der Waals surface area contributed by atoms with Crippen molar-refractivity contribution in [2.75, 3.05) is 25.6 Å². The van der Waals surface area contributed by atoms with Crippen LogP contribution in [0.1, 0.15) is 71.9 Å². The lowest BCUT2D eigenvalue weighted by Gasteiger charge is -2.30. The number of carboxylic acid groups (broad SMARTS) is 1. The lowest BCUT2D eigenvalue weighted by atomic mass is 9.76. The third-order valence-electron chi connectivity index (χ3n) is 7.11. The molecule has 0 saturated heterocycles. The van der Waals surface area contributed by atoms with Gasteiger partial charge in [0, 0.05) is 12.1 Å². The van der Waals surface area contributed by atoms with Crippen molar-refractivity contribution in [3.05, 3.63) is 64.5 Å². The molecule has 0 amide bonds. The summed E-state index contributed by atoms with van der Waals surface area (Å²) in [4.78, 5) is 10.9.